The highest BCUT2D eigenvalue weighted by atomic mass is 16.6. The molecule has 16 heteroatoms. The van der Waals surface area contributed by atoms with E-state index < -0.39 is 0 Å². The first-order valence-electron chi connectivity index (χ1n) is 18.6. The number of anilines is 2. The van der Waals surface area contributed by atoms with Crippen molar-refractivity contribution in [3.63, 3.8) is 0 Å². The zero-order valence-electron chi connectivity index (χ0n) is 31.0. The molecule has 0 spiro atoms. The van der Waals surface area contributed by atoms with Crippen LogP contribution in [0.15, 0.2) is 47.1 Å². The molecule has 3 aromatic heterocycles. The minimum absolute atomic E-state index is 0.0871. The molecule has 0 atom stereocenters. The lowest BCUT2D eigenvalue weighted by atomic mass is 9.97. The van der Waals surface area contributed by atoms with Crippen molar-refractivity contribution in [1.29, 1.82) is 0 Å². The molecule has 0 saturated carbocycles. The number of nitrogen functional groups attached to an aromatic ring is 2. The van der Waals surface area contributed by atoms with Crippen LogP contribution >= 0.6 is 0 Å². The van der Waals surface area contributed by atoms with Crippen molar-refractivity contribution in [3.8, 4) is 11.3 Å². The van der Waals surface area contributed by atoms with Crippen LogP contribution < -0.4 is 11.5 Å². The van der Waals surface area contributed by atoms with Crippen LogP contribution in [0.1, 0.15) is 23.1 Å². The number of hydrogen-bond donors (Lipinski definition) is 2. The van der Waals surface area contributed by atoms with Gasteiger partial charge in [-0.1, -0.05) is 18.2 Å². The molecule has 4 N–H and O–H groups in total. The molecule has 5 heterocycles. The monoisotopic (exact) mass is 742 g/mol. The van der Waals surface area contributed by atoms with Crippen molar-refractivity contribution in [1.82, 2.24) is 39.4 Å². The summed E-state index contributed by atoms with van der Waals surface area (Å²) in [7, 11) is 2.16. The SMILES string of the molecule is CN1CCN(CCOCCOCCOCCOCCC(=O)N2CCc3cc(Cn4nc(-c5ccc6oc(N)nc6c5)c5c(N)ncnc54)ccc3C2)CC1. The van der Waals surface area contributed by atoms with E-state index in [1.54, 1.807) is 0 Å². The lowest BCUT2D eigenvalue weighted by molar-refractivity contribution is -0.133. The third-order valence-corrected chi connectivity index (χ3v) is 9.93. The second-order valence-corrected chi connectivity index (χ2v) is 13.7. The molecule has 1 fully saturated rings. The highest BCUT2D eigenvalue weighted by molar-refractivity contribution is 5.99. The summed E-state index contributed by atoms with van der Waals surface area (Å²) in [6, 6.07) is 12.0. The Balaban J connectivity index is 0.800. The molecule has 0 unspecified atom stereocenters. The van der Waals surface area contributed by atoms with E-state index >= 15 is 0 Å². The Bertz CT molecular complexity index is 2010. The molecule has 7 rings (SSSR count). The zero-order valence-corrected chi connectivity index (χ0v) is 31.0. The van der Waals surface area contributed by atoms with Gasteiger partial charge in [0.15, 0.2) is 11.2 Å². The van der Waals surface area contributed by atoms with Gasteiger partial charge >= 0.3 is 0 Å². The fraction of sp³-hybridized carbons (Fsp3) is 0.500. The van der Waals surface area contributed by atoms with Crippen molar-refractivity contribution < 1.29 is 28.2 Å². The van der Waals surface area contributed by atoms with E-state index in [1.165, 1.54) is 11.9 Å². The third-order valence-electron chi connectivity index (χ3n) is 9.93. The summed E-state index contributed by atoms with van der Waals surface area (Å²) in [4.78, 5) is 32.7. The van der Waals surface area contributed by atoms with Gasteiger partial charge in [-0.15, -0.1) is 0 Å². The Labute approximate surface area is 314 Å². The Morgan fingerprint density at radius 1 is 0.833 bits per heavy atom. The number of nitrogens with zero attached hydrogens (tertiary/aromatic N) is 8. The van der Waals surface area contributed by atoms with Gasteiger partial charge in [-0.25, -0.2) is 14.6 Å². The summed E-state index contributed by atoms with van der Waals surface area (Å²) in [5.74, 6) is 0.435. The van der Waals surface area contributed by atoms with Crippen molar-refractivity contribution in [3.05, 3.63) is 59.4 Å². The van der Waals surface area contributed by atoms with Crippen LogP contribution in [0.3, 0.4) is 0 Å². The fourth-order valence-electron chi connectivity index (χ4n) is 6.87. The number of ether oxygens (including phenoxy) is 4. The van der Waals surface area contributed by atoms with Crippen LogP contribution in [-0.2, 0) is 43.3 Å². The standard InChI is InChI=1S/C38H50N10O6/c1-45-9-11-46(12-10-45)13-15-51-17-19-53-21-20-52-18-16-50-14-7-33(49)47-8-6-28-22-27(2-3-30(28)25-47)24-48-37-34(36(39)41-26-42-37)35(44-48)29-4-5-32-31(23-29)43-38(40)54-32/h2-5,22-23,26H,6-21,24-25H2,1H3,(H2,40,43)(H2,39,41,42). The number of carbonyl (C=O) groups excluding carboxylic acids is 1. The predicted octanol–water partition coefficient (Wildman–Crippen LogP) is 2.44. The number of oxazole rings is 1. The summed E-state index contributed by atoms with van der Waals surface area (Å²) >= 11 is 0. The van der Waals surface area contributed by atoms with Gasteiger partial charge < -0.3 is 44.6 Å². The molecule has 0 bridgehead atoms. The number of hydrogen-bond acceptors (Lipinski definition) is 14. The maximum absolute atomic E-state index is 13.0. The van der Waals surface area contributed by atoms with Crippen LogP contribution in [0.2, 0.25) is 0 Å². The first kappa shape index (κ1) is 37.6. The van der Waals surface area contributed by atoms with Gasteiger partial charge in [0.2, 0.25) is 5.91 Å². The van der Waals surface area contributed by atoms with Crippen molar-refractivity contribution in [2.24, 2.45) is 0 Å². The van der Waals surface area contributed by atoms with Crippen molar-refractivity contribution >= 4 is 39.9 Å². The van der Waals surface area contributed by atoms with Gasteiger partial charge in [0, 0.05) is 51.4 Å². The number of benzene rings is 2. The zero-order chi connectivity index (χ0) is 37.3. The average Bonchev–Trinajstić information content (AvgIpc) is 3.75. The average molecular weight is 743 g/mol. The fourth-order valence-corrected chi connectivity index (χ4v) is 6.87. The maximum atomic E-state index is 13.0. The van der Waals surface area contributed by atoms with Gasteiger partial charge in [-0.3, -0.25) is 9.69 Å². The van der Waals surface area contributed by atoms with Crippen LogP contribution in [0.5, 0.6) is 0 Å². The molecular weight excluding hydrogens is 692 g/mol. The molecule has 5 aromatic rings. The number of amides is 1. The molecule has 0 radical (unpaired) electrons. The maximum Gasteiger partial charge on any atom is 0.292 e. The molecule has 0 aliphatic carbocycles. The molecule has 1 saturated heterocycles. The Morgan fingerprint density at radius 3 is 2.35 bits per heavy atom. The van der Waals surface area contributed by atoms with Crippen molar-refractivity contribution in [2.45, 2.75) is 25.9 Å². The Kier molecular flexibility index (Phi) is 12.6. The Hall–Kier alpha value is -4.71. The minimum atomic E-state index is 0.0871. The van der Waals surface area contributed by atoms with Crippen molar-refractivity contribution in [2.75, 3.05) is 111 Å². The number of fused-ring (bicyclic) bond motifs is 3. The van der Waals surface area contributed by atoms with E-state index in [9.17, 15) is 4.79 Å². The lowest BCUT2D eigenvalue weighted by Crippen LogP contribution is -2.45. The van der Waals surface area contributed by atoms with Crippen LogP contribution in [0.4, 0.5) is 11.8 Å². The van der Waals surface area contributed by atoms with E-state index in [1.807, 2.05) is 27.8 Å². The van der Waals surface area contributed by atoms with Gasteiger partial charge in [0.05, 0.1) is 71.2 Å². The van der Waals surface area contributed by atoms with E-state index in [4.69, 9.17) is 39.9 Å². The second-order valence-electron chi connectivity index (χ2n) is 13.7. The van der Waals surface area contributed by atoms with E-state index in [0.717, 1.165) is 62.4 Å². The third kappa shape index (κ3) is 9.50. The number of rotatable bonds is 18. The normalized spacial score (nSPS) is 15.4. The molecule has 2 aliphatic heterocycles. The highest BCUT2D eigenvalue weighted by Gasteiger charge is 2.22. The number of nitrogens with two attached hydrogens (primary N) is 2. The van der Waals surface area contributed by atoms with Gasteiger partial charge in [0.25, 0.3) is 6.01 Å². The number of carbonyl (C=O) groups is 1. The van der Waals surface area contributed by atoms with Crippen LogP contribution in [0, 0.1) is 0 Å². The number of aromatic nitrogens is 5. The molecular formula is C38H50N10O6. The molecule has 54 heavy (non-hydrogen) atoms. The van der Waals surface area contributed by atoms with Gasteiger partial charge in [-0.05, 0) is 48.4 Å². The van der Waals surface area contributed by atoms with E-state index in [2.05, 4.69) is 50.0 Å². The lowest BCUT2D eigenvalue weighted by Gasteiger charge is -2.32. The Morgan fingerprint density at radius 2 is 1.57 bits per heavy atom. The van der Waals surface area contributed by atoms with Gasteiger partial charge in [0.1, 0.15) is 23.4 Å². The van der Waals surface area contributed by atoms with Crippen LogP contribution in [-0.4, -0.2) is 145 Å². The number of piperazine rings is 1. The van der Waals surface area contributed by atoms with Crippen LogP contribution in [0.25, 0.3) is 33.4 Å². The predicted molar refractivity (Wildman–Crippen MR) is 204 cm³/mol. The van der Waals surface area contributed by atoms with E-state index in [-0.39, 0.29) is 11.9 Å². The summed E-state index contributed by atoms with van der Waals surface area (Å²) in [5, 5.41) is 5.60. The first-order chi connectivity index (χ1) is 26.4. The topological polar surface area (TPSA) is 185 Å². The second kappa shape index (κ2) is 18.1. The molecule has 16 nitrogen and oxygen atoms in total. The van der Waals surface area contributed by atoms with Gasteiger partial charge in [-0.2, -0.15) is 10.1 Å². The van der Waals surface area contributed by atoms with E-state index in [0.29, 0.717) is 106 Å². The highest BCUT2D eigenvalue weighted by Crippen LogP contribution is 2.33. The summed E-state index contributed by atoms with van der Waals surface area (Å²) in [5.41, 5.74) is 18.9. The quantitative estimate of drug-likeness (QED) is 0.125. The summed E-state index contributed by atoms with van der Waals surface area (Å²) < 4.78 is 29.8. The largest absolute Gasteiger partial charge is 0.424 e. The minimum Gasteiger partial charge on any atom is -0.424 e. The molecule has 2 aromatic carbocycles. The molecule has 1 amide bonds. The summed E-state index contributed by atoms with van der Waals surface area (Å²) in [6.07, 6.45) is 2.56. The smallest absolute Gasteiger partial charge is 0.292 e. The summed E-state index contributed by atoms with van der Waals surface area (Å²) in [6.45, 7) is 11.3. The first-order valence-corrected chi connectivity index (χ1v) is 18.6. The molecule has 288 valence electrons. The molecule has 2 aliphatic rings. The number of likely N-dealkylation sites (N-methyl/N-ethyl adjacent to an activating group) is 1.